The minimum atomic E-state index is -0.354. The molecule has 0 bridgehead atoms. The Balaban J connectivity index is 1.52. The molecule has 8 heteroatoms. The molecule has 0 fully saturated rings. The van der Waals surface area contributed by atoms with Crippen LogP contribution in [-0.2, 0) is 0 Å². The zero-order chi connectivity index (χ0) is 19.7. The lowest BCUT2D eigenvalue weighted by molar-refractivity contribution is 0.0788. The fourth-order valence-electron chi connectivity index (χ4n) is 2.99. The molecule has 1 atom stereocenters. The molecule has 1 N–H and O–H groups in total. The van der Waals surface area contributed by atoms with Crippen molar-refractivity contribution in [2.45, 2.75) is 13.0 Å². The molecule has 0 unspecified atom stereocenters. The van der Waals surface area contributed by atoms with Crippen LogP contribution in [0.3, 0.4) is 0 Å². The highest BCUT2D eigenvalue weighted by atomic mass is 35.5. The first-order valence-corrected chi connectivity index (χ1v) is 9.37. The van der Waals surface area contributed by atoms with Crippen LogP contribution in [0.5, 0.6) is 11.5 Å². The Kier molecular flexibility index (Phi) is 5.15. The highest BCUT2D eigenvalue weighted by Crippen LogP contribution is 2.36. The Labute approximate surface area is 171 Å². The highest BCUT2D eigenvalue weighted by molar-refractivity contribution is 6.39. The molecular formula is C20H16Cl2N2O4. The molecule has 0 saturated carbocycles. The number of amides is 1. The summed E-state index contributed by atoms with van der Waals surface area (Å²) in [5, 5.41) is 7.61. The SMILES string of the molecule is Cc1onc(-c2c(Cl)cccc2Cl)c1C(=O)NC[C@@H]1COc2ccccc2O1. The second-order valence-electron chi connectivity index (χ2n) is 6.27. The van der Waals surface area contributed by atoms with Crippen LogP contribution in [0.25, 0.3) is 11.3 Å². The molecular weight excluding hydrogens is 403 g/mol. The van der Waals surface area contributed by atoms with Gasteiger partial charge in [-0.1, -0.05) is 46.6 Å². The molecule has 4 rings (SSSR count). The van der Waals surface area contributed by atoms with E-state index in [0.717, 1.165) is 0 Å². The lowest BCUT2D eigenvalue weighted by Gasteiger charge is -2.26. The second-order valence-corrected chi connectivity index (χ2v) is 7.08. The van der Waals surface area contributed by atoms with Crippen LogP contribution in [0.15, 0.2) is 47.0 Å². The molecule has 0 radical (unpaired) electrons. The quantitative estimate of drug-likeness (QED) is 0.673. The van der Waals surface area contributed by atoms with Gasteiger partial charge in [-0.2, -0.15) is 0 Å². The van der Waals surface area contributed by atoms with Gasteiger partial charge in [0.2, 0.25) is 0 Å². The zero-order valence-corrected chi connectivity index (χ0v) is 16.4. The summed E-state index contributed by atoms with van der Waals surface area (Å²) in [4.78, 5) is 12.8. The number of hydrogen-bond acceptors (Lipinski definition) is 5. The number of aromatic nitrogens is 1. The third-order valence-corrected chi connectivity index (χ3v) is 4.98. The van der Waals surface area contributed by atoms with E-state index in [2.05, 4.69) is 10.5 Å². The fraction of sp³-hybridized carbons (Fsp3) is 0.200. The molecule has 2 heterocycles. The predicted octanol–water partition coefficient (Wildman–Crippen LogP) is 4.53. The summed E-state index contributed by atoms with van der Waals surface area (Å²) < 4.78 is 16.8. The number of nitrogens with one attached hydrogen (secondary N) is 1. The molecule has 1 aliphatic rings. The van der Waals surface area contributed by atoms with Gasteiger partial charge in [-0.25, -0.2) is 0 Å². The van der Waals surface area contributed by atoms with E-state index in [1.54, 1.807) is 25.1 Å². The van der Waals surface area contributed by atoms with E-state index in [4.69, 9.17) is 37.2 Å². The Morgan fingerprint density at radius 1 is 1.14 bits per heavy atom. The maximum atomic E-state index is 12.8. The van der Waals surface area contributed by atoms with Gasteiger partial charge < -0.3 is 19.3 Å². The Morgan fingerprint density at radius 3 is 2.61 bits per heavy atom. The van der Waals surface area contributed by atoms with Crippen LogP contribution < -0.4 is 14.8 Å². The average molecular weight is 419 g/mol. The van der Waals surface area contributed by atoms with Gasteiger partial charge in [0.05, 0.1) is 16.6 Å². The third kappa shape index (κ3) is 3.53. The first-order valence-electron chi connectivity index (χ1n) is 8.62. The standard InChI is InChI=1S/C20H16Cl2N2O4/c1-11-17(19(24-28-11)18-13(21)5-4-6-14(18)22)20(25)23-9-12-10-26-15-7-2-3-8-16(15)27-12/h2-8,12H,9-10H2,1H3,(H,23,25)/t12-/m1/s1. The summed E-state index contributed by atoms with van der Waals surface area (Å²) in [7, 11) is 0. The number of carbonyl (C=O) groups excluding carboxylic acids is 1. The molecule has 144 valence electrons. The number of nitrogens with zero attached hydrogens (tertiary/aromatic N) is 1. The van der Waals surface area contributed by atoms with E-state index in [9.17, 15) is 4.79 Å². The number of ether oxygens (including phenoxy) is 2. The fourth-order valence-corrected chi connectivity index (χ4v) is 3.57. The van der Waals surface area contributed by atoms with Crippen LogP contribution in [0.4, 0.5) is 0 Å². The van der Waals surface area contributed by atoms with Gasteiger partial charge in [-0.3, -0.25) is 4.79 Å². The summed E-state index contributed by atoms with van der Waals surface area (Å²) >= 11 is 12.5. The van der Waals surface area contributed by atoms with E-state index >= 15 is 0 Å². The molecule has 2 aromatic carbocycles. The summed E-state index contributed by atoms with van der Waals surface area (Å²) in [6.45, 7) is 2.25. The van der Waals surface area contributed by atoms with Crippen molar-refractivity contribution in [1.29, 1.82) is 0 Å². The summed E-state index contributed by atoms with van der Waals surface area (Å²) in [6.07, 6.45) is -0.314. The lowest BCUT2D eigenvalue weighted by atomic mass is 10.1. The topological polar surface area (TPSA) is 73.6 Å². The van der Waals surface area contributed by atoms with Gasteiger partial charge >= 0.3 is 0 Å². The molecule has 1 amide bonds. The second kappa shape index (κ2) is 7.73. The van der Waals surface area contributed by atoms with E-state index in [0.29, 0.717) is 45.2 Å². The van der Waals surface area contributed by atoms with E-state index < -0.39 is 0 Å². The molecule has 28 heavy (non-hydrogen) atoms. The monoisotopic (exact) mass is 418 g/mol. The third-order valence-electron chi connectivity index (χ3n) is 4.35. The summed E-state index contributed by atoms with van der Waals surface area (Å²) in [6, 6.07) is 12.5. The summed E-state index contributed by atoms with van der Waals surface area (Å²) in [5.74, 6) is 1.36. The van der Waals surface area contributed by atoms with Crippen molar-refractivity contribution in [3.8, 4) is 22.8 Å². The minimum absolute atomic E-state index is 0.257. The number of rotatable bonds is 4. The molecule has 6 nitrogen and oxygen atoms in total. The normalized spacial score (nSPS) is 15.3. The number of para-hydroxylation sites is 2. The van der Waals surface area contributed by atoms with Crippen LogP contribution in [0.1, 0.15) is 16.1 Å². The number of benzene rings is 2. The Bertz CT molecular complexity index is 1010. The van der Waals surface area contributed by atoms with Gasteiger partial charge in [-0.05, 0) is 31.2 Å². The summed E-state index contributed by atoms with van der Waals surface area (Å²) in [5.41, 5.74) is 1.04. The minimum Gasteiger partial charge on any atom is -0.486 e. The number of aryl methyl sites for hydroxylation is 1. The molecule has 3 aromatic rings. The van der Waals surface area contributed by atoms with Gasteiger partial charge in [-0.15, -0.1) is 0 Å². The lowest BCUT2D eigenvalue weighted by Crippen LogP contribution is -2.40. The first-order chi connectivity index (χ1) is 13.5. The van der Waals surface area contributed by atoms with Crippen molar-refractivity contribution < 1.29 is 18.8 Å². The molecule has 1 aliphatic heterocycles. The number of fused-ring (bicyclic) bond motifs is 1. The highest BCUT2D eigenvalue weighted by Gasteiger charge is 2.26. The first kappa shape index (κ1) is 18.7. The Morgan fingerprint density at radius 2 is 1.86 bits per heavy atom. The average Bonchev–Trinajstić information content (AvgIpc) is 3.07. The number of hydrogen-bond donors (Lipinski definition) is 1. The van der Waals surface area contributed by atoms with E-state index in [1.165, 1.54) is 0 Å². The maximum Gasteiger partial charge on any atom is 0.257 e. The smallest absolute Gasteiger partial charge is 0.257 e. The number of carbonyl (C=O) groups is 1. The van der Waals surface area contributed by atoms with Gasteiger partial charge in [0, 0.05) is 5.56 Å². The van der Waals surface area contributed by atoms with E-state index in [1.807, 2.05) is 24.3 Å². The maximum absolute atomic E-state index is 12.8. The van der Waals surface area contributed by atoms with Crippen molar-refractivity contribution in [3.63, 3.8) is 0 Å². The van der Waals surface area contributed by atoms with Crippen LogP contribution in [0, 0.1) is 6.92 Å². The van der Waals surface area contributed by atoms with Gasteiger partial charge in [0.1, 0.15) is 29.7 Å². The molecule has 0 spiro atoms. The van der Waals surface area contributed by atoms with Crippen molar-refractivity contribution in [2.75, 3.05) is 13.2 Å². The van der Waals surface area contributed by atoms with Crippen molar-refractivity contribution >= 4 is 29.1 Å². The van der Waals surface area contributed by atoms with E-state index in [-0.39, 0.29) is 24.1 Å². The largest absolute Gasteiger partial charge is 0.486 e. The van der Waals surface area contributed by atoms with Crippen molar-refractivity contribution in [2.24, 2.45) is 0 Å². The zero-order valence-electron chi connectivity index (χ0n) is 14.9. The van der Waals surface area contributed by atoms with Gasteiger partial charge in [0.25, 0.3) is 5.91 Å². The van der Waals surface area contributed by atoms with Crippen molar-refractivity contribution in [1.82, 2.24) is 10.5 Å². The Hall–Kier alpha value is -2.70. The van der Waals surface area contributed by atoms with Crippen molar-refractivity contribution in [3.05, 3.63) is 63.8 Å². The molecule has 1 aromatic heterocycles. The van der Waals surface area contributed by atoms with Crippen LogP contribution in [-0.4, -0.2) is 30.3 Å². The van der Waals surface area contributed by atoms with Gasteiger partial charge in [0.15, 0.2) is 11.5 Å². The van der Waals surface area contributed by atoms with Crippen LogP contribution in [0.2, 0.25) is 10.0 Å². The molecule has 0 saturated heterocycles. The predicted molar refractivity (Wildman–Crippen MR) is 105 cm³/mol. The molecule has 0 aliphatic carbocycles. The van der Waals surface area contributed by atoms with Crippen LogP contribution >= 0.6 is 23.2 Å². The number of halogens is 2.